The minimum atomic E-state index is -0.575. The predicted molar refractivity (Wildman–Crippen MR) is 74.8 cm³/mol. The molecule has 0 radical (unpaired) electrons. The van der Waals surface area contributed by atoms with Crippen molar-refractivity contribution in [2.45, 2.75) is 19.1 Å². The van der Waals surface area contributed by atoms with Crippen LogP contribution in [0.5, 0.6) is 5.75 Å². The van der Waals surface area contributed by atoms with Gasteiger partial charge in [0, 0.05) is 6.04 Å². The van der Waals surface area contributed by atoms with E-state index < -0.39 is 18.0 Å². The molecule has 20 heavy (non-hydrogen) atoms. The number of nitrogens with two attached hydrogens (primary N) is 1. The number of hydrogen-bond acceptors (Lipinski definition) is 2. The number of rotatable bonds is 4. The first-order chi connectivity index (χ1) is 9.47. The summed E-state index contributed by atoms with van der Waals surface area (Å²) in [4.78, 5) is 0. The molecule has 2 unspecified atom stereocenters. The maximum absolute atomic E-state index is 13.3. The van der Waals surface area contributed by atoms with Crippen molar-refractivity contribution in [3.05, 3.63) is 64.7 Å². The Labute approximate surface area is 121 Å². The summed E-state index contributed by atoms with van der Waals surface area (Å²) >= 11 is 5.92. The minimum Gasteiger partial charge on any atom is -0.483 e. The Morgan fingerprint density at radius 1 is 1.10 bits per heavy atom. The van der Waals surface area contributed by atoms with Crippen LogP contribution in [0.4, 0.5) is 8.78 Å². The Morgan fingerprint density at radius 2 is 1.80 bits per heavy atom. The van der Waals surface area contributed by atoms with E-state index >= 15 is 0 Å². The molecule has 5 heteroatoms. The first-order valence-corrected chi connectivity index (χ1v) is 6.48. The third kappa shape index (κ3) is 3.46. The van der Waals surface area contributed by atoms with Gasteiger partial charge in [0.2, 0.25) is 0 Å². The van der Waals surface area contributed by atoms with Gasteiger partial charge in [0.05, 0.1) is 5.02 Å². The average molecular weight is 298 g/mol. The van der Waals surface area contributed by atoms with Crippen LogP contribution in [0.15, 0.2) is 42.5 Å². The zero-order valence-electron chi connectivity index (χ0n) is 10.8. The van der Waals surface area contributed by atoms with Gasteiger partial charge in [-0.15, -0.1) is 0 Å². The van der Waals surface area contributed by atoms with E-state index in [1.54, 1.807) is 19.1 Å². The van der Waals surface area contributed by atoms with E-state index in [2.05, 4.69) is 0 Å². The fourth-order valence-electron chi connectivity index (χ4n) is 1.87. The highest BCUT2D eigenvalue weighted by Gasteiger charge is 2.20. The molecule has 0 aliphatic heterocycles. The highest BCUT2D eigenvalue weighted by atomic mass is 35.5. The molecule has 0 saturated carbocycles. The lowest BCUT2D eigenvalue weighted by molar-refractivity contribution is 0.180. The summed E-state index contributed by atoms with van der Waals surface area (Å²) in [6, 6.07) is 9.42. The molecule has 106 valence electrons. The van der Waals surface area contributed by atoms with Crippen molar-refractivity contribution in [2.24, 2.45) is 5.73 Å². The van der Waals surface area contributed by atoms with Crippen LogP contribution in [0, 0.1) is 11.6 Å². The topological polar surface area (TPSA) is 35.2 Å². The second-order valence-corrected chi connectivity index (χ2v) is 4.93. The monoisotopic (exact) mass is 297 g/mol. The van der Waals surface area contributed by atoms with Crippen LogP contribution in [-0.2, 0) is 0 Å². The summed E-state index contributed by atoms with van der Waals surface area (Å²) in [6.07, 6.45) is -0.575. The summed E-state index contributed by atoms with van der Waals surface area (Å²) in [5.41, 5.74) is 6.48. The fraction of sp³-hybridized carbons (Fsp3) is 0.200. The highest BCUT2D eigenvalue weighted by molar-refractivity contribution is 6.32. The summed E-state index contributed by atoms with van der Waals surface area (Å²) in [6.45, 7) is 1.74. The Morgan fingerprint density at radius 3 is 2.40 bits per heavy atom. The molecule has 0 fully saturated rings. The molecule has 2 nitrogen and oxygen atoms in total. The molecule has 0 aliphatic carbocycles. The Kier molecular flexibility index (Phi) is 4.57. The molecule has 2 aromatic carbocycles. The Bertz CT molecular complexity index is 604. The molecule has 0 aromatic heterocycles. The molecule has 0 spiro atoms. The third-order valence-electron chi connectivity index (χ3n) is 2.80. The summed E-state index contributed by atoms with van der Waals surface area (Å²) in [5.74, 6) is -0.521. The van der Waals surface area contributed by atoms with E-state index in [9.17, 15) is 8.78 Å². The van der Waals surface area contributed by atoms with E-state index in [4.69, 9.17) is 22.1 Å². The van der Waals surface area contributed by atoms with Gasteiger partial charge < -0.3 is 10.5 Å². The molecular weight excluding hydrogens is 284 g/mol. The second kappa shape index (κ2) is 6.20. The molecule has 2 atom stereocenters. The number of ether oxygens (including phenoxy) is 1. The second-order valence-electron chi connectivity index (χ2n) is 4.53. The summed E-state index contributed by atoms with van der Waals surface area (Å²) in [5, 5.41) is 0.145. The van der Waals surface area contributed by atoms with Crippen LogP contribution >= 0.6 is 11.6 Å². The van der Waals surface area contributed by atoms with Gasteiger partial charge in [-0.05, 0) is 42.8 Å². The van der Waals surface area contributed by atoms with E-state index in [1.165, 1.54) is 24.3 Å². The normalized spacial score (nSPS) is 13.8. The maximum Gasteiger partial charge on any atom is 0.139 e. The molecule has 0 saturated heterocycles. The summed E-state index contributed by atoms with van der Waals surface area (Å²) < 4.78 is 32.0. The lowest BCUT2D eigenvalue weighted by atomic mass is 10.0. The summed E-state index contributed by atoms with van der Waals surface area (Å²) in [7, 11) is 0. The van der Waals surface area contributed by atoms with E-state index in [0.29, 0.717) is 11.3 Å². The van der Waals surface area contributed by atoms with E-state index in [1.807, 2.05) is 0 Å². The molecule has 2 N–H and O–H groups in total. The van der Waals surface area contributed by atoms with Gasteiger partial charge in [-0.1, -0.05) is 23.7 Å². The number of halogens is 3. The SMILES string of the molecule is CC(N)C(Oc1ccc(F)cc1Cl)c1cccc(F)c1. The zero-order valence-corrected chi connectivity index (χ0v) is 11.6. The lowest BCUT2D eigenvalue weighted by Crippen LogP contribution is -2.29. The average Bonchev–Trinajstić information content (AvgIpc) is 2.37. The van der Waals surface area contributed by atoms with Gasteiger partial charge in [0.1, 0.15) is 23.5 Å². The standard InChI is InChI=1S/C15H14ClF2NO/c1-9(19)15(10-3-2-4-11(17)7-10)20-14-6-5-12(18)8-13(14)16/h2-9,15H,19H2,1H3. The van der Waals surface area contributed by atoms with Crippen LogP contribution in [0.1, 0.15) is 18.6 Å². The first kappa shape index (κ1) is 14.8. The van der Waals surface area contributed by atoms with Gasteiger partial charge >= 0.3 is 0 Å². The molecule has 2 aromatic rings. The molecule has 0 heterocycles. The van der Waals surface area contributed by atoms with Crippen LogP contribution in [0.25, 0.3) is 0 Å². The molecule has 0 aliphatic rings. The van der Waals surface area contributed by atoms with Crippen LogP contribution in [0.2, 0.25) is 5.02 Å². The van der Waals surface area contributed by atoms with E-state index in [0.717, 1.165) is 6.07 Å². The maximum atomic E-state index is 13.3. The van der Waals surface area contributed by atoms with Gasteiger partial charge in [-0.3, -0.25) is 0 Å². The fourth-order valence-corrected chi connectivity index (χ4v) is 2.08. The van der Waals surface area contributed by atoms with Crippen LogP contribution < -0.4 is 10.5 Å². The highest BCUT2D eigenvalue weighted by Crippen LogP contribution is 2.31. The van der Waals surface area contributed by atoms with Crippen molar-refractivity contribution >= 4 is 11.6 Å². The van der Waals surface area contributed by atoms with Crippen molar-refractivity contribution in [3.8, 4) is 5.75 Å². The van der Waals surface area contributed by atoms with Gasteiger partial charge in [-0.25, -0.2) is 8.78 Å². The quantitative estimate of drug-likeness (QED) is 0.922. The molecule has 0 amide bonds. The zero-order chi connectivity index (χ0) is 14.7. The predicted octanol–water partition coefficient (Wildman–Crippen LogP) is 4.09. The van der Waals surface area contributed by atoms with Crippen molar-refractivity contribution in [1.29, 1.82) is 0 Å². The smallest absolute Gasteiger partial charge is 0.139 e. The Hall–Kier alpha value is -1.65. The van der Waals surface area contributed by atoms with Gasteiger partial charge in [0.25, 0.3) is 0 Å². The van der Waals surface area contributed by atoms with Crippen molar-refractivity contribution in [1.82, 2.24) is 0 Å². The minimum absolute atomic E-state index is 0.145. The van der Waals surface area contributed by atoms with Crippen LogP contribution in [0.3, 0.4) is 0 Å². The number of hydrogen-bond donors (Lipinski definition) is 1. The van der Waals surface area contributed by atoms with Crippen molar-refractivity contribution in [3.63, 3.8) is 0 Å². The largest absolute Gasteiger partial charge is 0.483 e. The van der Waals surface area contributed by atoms with Crippen molar-refractivity contribution < 1.29 is 13.5 Å². The molecule has 0 bridgehead atoms. The third-order valence-corrected chi connectivity index (χ3v) is 3.10. The number of benzene rings is 2. The molecular formula is C15H14ClF2NO. The lowest BCUT2D eigenvalue weighted by Gasteiger charge is -2.23. The Balaban J connectivity index is 2.30. The van der Waals surface area contributed by atoms with Crippen LogP contribution in [-0.4, -0.2) is 6.04 Å². The van der Waals surface area contributed by atoms with E-state index in [-0.39, 0.29) is 10.8 Å². The first-order valence-electron chi connectivity index (χ1n) is 6.10. The molecule has 2 rings (SSSR count). The van der Waals surface area contributed by atoms with Gasteiger partial charge in [-0.2, -0.15) is 0 Å². The van der Waals surface area contributed by atoms with Gasteiger partial charge in [0.15, 0.2) is 0 Å². The van der Waals surface area contributed by atoms with Crippen molar-refractivity contribution in [2.75, 3.05) is 0 Å².